The molecule has 0 aromatic heterocycles. The van der Waals surface area contributed by atoms with Crippen LogP contribution in [-0.2, 0) is 11.4 Å². The van der Waals surface area contributed by atoms with E-state index in [1.165, 1.54) is 0 Å². The zero-order valence-corrected chi connectivity index (χ0v) is 8.27. The molecule has 0 aliphatic rings. The Morgan fingerprint density at radius 1 is 1.15 bits per heavy atom. The summed E-state index contributed by atoms with van der Waals surface area (Å²) in [6.45, 7) is 0. The molecule has 1 aromatic rings. The minimum atomic E-state index is -4.47. The zero-order chi connectivity index (χ0) is 10.1. The number of rotatable bonds is 1. The van der Waals surface area contributed by atoms with E-state index in [1.807, 2.05) is 0 Å². The standard InChI is InChI=1S/C8H5AsF4/c9-4-5-1-6(8(11,12)13)3-7(10)2-5/h1-3H,4H2. The van der Waals surface area contributed by atoms with Crippen LogP contribution in [0.4, 0.5) is 17.6 Å². The Hall–Kier alpha value is -0.502. The third kappa shape index (κ3) is 2.73. The van der Waals surface area contributed by atoms with Gasteiger partial charge in [0.25, 0.3) is 0 Å². The molecule has 13 heavy (non-hydrogen) atoms. The van der Waals surface area contributed by atoms with Gasteiger partial charge < -0.3 is 0 Å². The van der Waals surface area contributed by atoms with Crippen molar-refractivity contribution in [1.29, 1.82) is 0 Å². The molecule has 5 heteroatoms. The van der Waals surface area contributed by atoms with E-state index in [0.29, 0.717) is 16.8 Å². The van der Waals surface area contributed by atoms with E-state index in [1.54, 1.807) is 0 Å². The Balaban J connectivity index is 3.16. The van der Waals surface area contributed by atoms with E-state index in [9.17, 15) is 17.6 Å². The number of alkyl halides is 3. The quantitative estimate of drug-likeness (QED) is 0.532. The van der Waals surface area contributed by atoms with Crippen LogP contribution in [0.15, 0.2) is 18.2 Å². The Bertz CT molecular complexity index is 306. The van der Waals surface area contributed by atoms with E-state index < -0.39 is 17.6 Å². The van der Waals surface area contributed by atoms with Gasteiger partial charge in [-0.05, 0) is 0 Å². The molecule has 0 spiro atoms. The van der Waals surface area contributed by atoms with Gasteiger partial charge in [-0.15, -0.1) is 0 Å². The van der Waals surface area contributed by atoms with Gasteiger partial charge >= 0.3 is 80.9 Å². The summed E-state index contributed by atoms with van der Waals surface area (Å²) < 4.78 is 49.0. The van der Waals surface area contributed by atoms with Crippen molar-refractivity contribution in [3.8, 4) is 0 Å². The van der Waals surface area contributed by atoms with Gasteiger partial charge in [0, 0.05) is 0 Å². The molecule has 0 saturated heterocycles. The van der Waals surface area contributed by atoms with Gasteiger partial charge in [0.2, 0.25) is 0 Å². The van der Waals surface area contributed by atoms with Crippen molar-refractivity contribution < 1.29 is 17.6 Å². The van der Waals surface area contributed by atoms with Gasteiger partial charge in [-0.3, -0.25) is 0 Å². The Labute approximate surface area is 81.4 Å². The number of halogens is 4. The molecule has 2 radical (unpaired) electrons. The van der Waals surface area contributed by atoms with Crippen LogP contribution in [0.1, 0.15) is 11.1 Å². The first-order valence-corrected chi connectivity index (χ1v) is 4.73. The summed E-state index contributed by atoms with van der Waals surface area (Å²) in [5.41, 5.74) is -0.610. The van der Waals surface area contributed by atoms with Crippen LogP contribution in [0.25, 0.3) is 0 Å². The summed E-state index contributed by atoms with van der Waals surface area (Å²) in [7, 11) is 0. The fourth-order valence-corrected chi connectivity index (χ4v) is 1.29. The molecular weight excluding hydrogens is 247 g/mol. The number of benzene rings is 1. The first kappa shape index (κ1) is 10.6. The number of hydrogen-bond acceptors (Lipinski definition) is 0. The van der Waals surface area contributed by atoms with Crippen molar-refractivity contribution in [3.63, 3.8) is 0 Å². The zero-order valence-electron chi connectivity index (χ0n) is 6.40. The van der Waals surface area contributed by atoms with Gasteiger partial charge in [-0.1, -0.05) is 0 Å². The average Bonchev–Trinajstić information content (AvgIpc) is 2.01. The third-order valence-corrected chi connectivity index (χ3v) is 2.23. The Morgan fingerprint density at radius 3 is 2.23 bits per heavy atom. The molecule has 0 aliphatic carbocycles. The van der Waals surface area contributed by atoms with Gasteiger partial charge in [0.1, 0.15) is 0 Å². The van der Waals surface area contributed by atoms with Crippen molar-refractivity contribution in [2.24, 2.45) is 0 Å². The second-order valence-corrected chi connectivity index (χ2v) is 3.17. The van der Waals surface area contributed by atoms with Crippen molar-refractivity contribution in [2.75, 3.05) is 0 Å². The van der Waals surface area contributed by atoms with Crippen molar-refractivity contribution in [2.45, 2.75) is 11.4 Å². The van der Waals surface area contributed by atoms with Crippen LogP contribution in [0.5, 0.6) is 0 Å². The second kappa shape index (κ2) is 3.70. The van der Waals surface area contributed by atoms with Gasteiger partial charge in [-0.2, -0.15) is 0 Å². The Kier molecular flexibility index (Phi) is 3.01. The fraction of sp³-hybridized carbons (Fsp3) is 0.250. The van der Waals surface area contributed by atoms with Crippen LogP contribution in [0.2, 0.25) is 0 Å². The molecule has 0 saturated carbocycles. The monoisotopic (exact) mass is 252 g/mol. The molecule has 0 atom stereocenters. The molecular formula is C8H5AsF4. The van der Waals surface area contributed by atoms with Crippen LogP contribution < -0.4 is 0 Å². The predicted octanol–water partition coefficient (Wildman–Crippen LogP) is 2.51. The summed E-state index contributed by atoms with van der Waals surface area (Å²) >= 11 is 2.10. The molecule has 0 amide bonds. The van der Waals surface area contributed by atoms with Crippen molar-refractivity contribution >= 4 is 16.9 Å². The van der Waals surface area contributed by atoms with E-state index in [4.69, 9.17) is 0 Å². The maximum atomic E-state index is 12.6. The summed E-state index contributed by atoms with van der Waals surface area (Å²) in [4.78, 5) is 0. The minimum absolute atomic E-state index is 0.326. The van der Waals surface area contributed by atoms with Crippen molar-refractivity contribution in [3.05, 3.63) is 35.1 Å². The average molecular weight is 252 g/mol. The molecule has 0 bridgehead atoms. The molecule has 0 aliphatic heterocycles. The van der Waals surface area contributed by atoms with Crippen LogP contribution in [-0.4, -0.2) is 16.9 Å². The first-order valence-electron chi connectivity index (χ1n) is 3.41. The van der Waals surface area contributed by atoms with Crippen LogP contribution in [0, 0.1) is 5.82 Å². The normalized spacial score (nSPS) is 11.8. The van der Waals surface area contributed by atoms with Gasteiger partial charge in [0.15, 0.2) is 0 Å². The molecule has 0 unspecified atom stereocenters. The third-order valence-electron chi connectivity index (χ3n) is 1.47. The summed E-state index contributed by atoms with van der Waals surface area (Å²) in [5.74, 6) is -0.851. The number of hydrogen-bond donors (Lipinski definition) is 0. The maximum absolute atomic E-state index is 12.6. The van der Waals surface area contributed by atoms with Crippen LogP contribution in [0.3, 0.4) is 0 Å². The fourth-order valence-electron chi connectivity index (χ4n) is 0.905. The molecule has 0 nitrogen and oxygen atoms in total. The van der Waals surface area contributed by atoms with Gasteiger partial charge in [-0.25, -0.2) is 0 Å². The summed E-state index contributed by atoms with van der Waals surface area (Å²) in [5, 5.41) is 0.327. The van der Waals surface area contributed by atoms with E-state index in [0.717, 1.165) is 12.1 Å². The molecule has 1 aromatic carbocycles. The molecule has 70 valence electrons. The SMILES string of the molecule is Fc1cc(C[As])cc(C(F)(F)F)c1. The first-order chi connectivity index (χ1) is 5.93. The molecule has 0 heterocycles. The van der Waals surface area contributed by atoms with E-state index in [2.05, 4.69) is 16.9 Å². The predicted molar refractivity (Wildman–Crippen MR) is 40.9 cm³/mol. The Morgan fingerprint density at radius 2 is 1.77 bits per heavy atom. The topological polar surface area (TPSA) is 0 Å². The van der Waals surface area contributed by atoms with Crippen molar-refractivity contribution in [1.82, 2.24) is 0 Å². The summed E-state index contributed by atoms with van der Waals surface area (Å²) in [6, 6.07) is 2.53. The van der Waals surface area contributed by atoms with E-state index in [-0.39, 0.29) is 0 Å². The van der Waals surface area contributed by atoms with Crippen LogP contribution >= 0.6 is 0 Å². The van der Waals surface area contributed by atoms with E-state index >= 15 is 0 Å². The second-order valence-electron chi connectivity index (χ2n) is 2.50. The van der Waals surface area contributed by atoms with Gasteiger partial charge in [0.05, 0.1) is 0 Å². The summed E-state index contributed by atoms with van der Waals surface area (Å²) in [6.07, 6.45) is -4.47. The molecule has 1 rings (SSSR count). The molecule has 0 fully saturated rings. The molecule has 0 N–H and O–H groups in total.